The van der Waals surface area contributed by atoms with Gasteiger partial charge in [0.2, 0.25) is 11.8 Å². The Morgan fingerprint density at radius 2 is 2.37 bits per heavy atom. The Morgan fingerprint density at radius 1 is 1.58 bits per heavy atom. The van der Waals surface area contributed by atoms with E-state index in [-0.39, 0.29) is 12.6 Å². The fourth-order valence-electron chi connectivity index (χ4n) is 1.80. The lowest BCUT2D eigenvalue weighted by molar-refractivity contribution is -0.144. The molecule has 0 saturated carbocycles. The Labute approximate surface area is 119 Å². The van der Waals surface area contributed by atoms with E-state index in [4.69, 9.17) is 14.2 Å². The molecule has 19 heavy (non-hydrogen) atoms. The molecule has 7 nitrogen and oxygen atoms in total. The largest absolute Gasteiger partial charge is 0.480 e. The molecule has 1 atom stereocenters. The quantitative estimate of drug-likeness (QED) is 0.752. The number of morpholine rings is 1. The maximum atomic E-state index is 11.7. The molecule has 0 N–H and O–H groups in total. The van der Waals surface area contributed by atoms with Gasteiger partial charge >= 0.3 is 5.97 Å². The number of carbonyl (C=O) groups excluding carboxylic acids is 1. The summed E-state index contributed by atoms with van der Waals surface area (Å²) in [4.78, 5) is 22.0. The van der Waals surface area contributed by atoms with Crippen molar-refractivity contribution in [3.63, 3.8) is 0 Å². The molecule has 1 aromatic heterocycles. The van der Waals surface area contributed by atoms with E-state index in [0.29, 0.717) is 29.5 Å². The molecule has 1 unspecified atom stereocenters. The van der Waals surface area contributed by atoms with Gasteiger partial charge in [0.1, 0.15) is 0 Å². The molecule has 104 valence electrons. The number of nitrogens with zero attached hydrogens (tertiary/aromatic N) is 3. The van der Waals surface area contributed by atoms with Crippen LogP contribution in [0.25, 0.3) is 0 Å². The topological polar surface area (TPSA) is 73.8 Å². The van der Waals surface area contributed by atoms with Crippen LogP contribution < -0.4 is 9.64 Å². The van der Waals surface area contributed by atoms with Crippen molar-refractivity contribution < 1.29 is 19.0 Å². The van der Waals surface area contributed by atoms with Crippen LogP contribution in [0.2, 0.25) is 0 Å². The minimum Gasteiger partial charge on any atom is -0.480 e. The van der Waals surface area contributed by atoms with Gasteiger partial charge in [0, 0.05) is 6.54 Å². The number of hydrogen-bond donors (Lipinski definition) is 0. The van der Waals surface area contributed by atoms with E-state index in [9.17, 15) is 4.79 Å². The predicted molar refractivity (Wildman–Crippen MR) is 70.3 cm³/mol. The SMILES string of the molecule is COC(=O)C1COCCN1c1ncc(Br)c(OC)n1. The van der Waals surface area contributed by atoms with Crippen molar-refractivity contribution in [1.82, 2.24) is 9.97 Å². The normalized spacial score (nSPS) is 19.1. The zero-order valence-corrected chi connectivity index (χ0v) is 12.2. The van der Waals surface area contributed by atoms with E-state index >= 15 is 0 Å². The van der Waals surface area contributed by atoms with E-state index in [0.717, 1.165) is 0 Å². The average Bonchev–Trinajstić information content (AvgIpc) is 2.47. The van der Waals surface area contributed by atoms with Crippen LogP contribution in [0, 0.1) is 0 Å². The maximum Gasteiger partial charge on any atom is 0.331 e. The first-order chi connectivity index (χ1) is 9.17. The van der Waals surface area contributed by atoms with Crippen molar-refractivity contribution in [3.05, 3.63) is 10.7 Å². The number of rotatable bonds is 3. The highest BCUT2D eigenvalue weighted by atomic mass is 79.9. The third kappa shape index (κ3) is 2.95. The van der Waals surface area contributed by atoms with E-state index < -0.39 is 6.04 Å². The summed E-state index contributed by atoms with van der Waals surface area (Å²) in [7, 11) is 2.87. The van der Waals surface area contributed by atoms with Gasteiger partial charge in [-0.3, -0.25) is 0 Å². The van der Waals surface area contributed by atoms with Gasteiger partial charge in [-0.2, -0.15) is 4.98 Å². The molecule has 1 aliphatic rings. The van der Waals surface area contributed by atoms with Crippen LogP contribution in [-0.4, -0.2) is 56.0 Å². The number of hydrogen-bond acceptors (Lipinski definition) is 7. The molecule has 2 rings (SSSR count). The summed E-state index contributed by atoms with van der Waals surface area (Å²) in [5.41, 5.74) is 0. The first kappa shape index (κ1) is 14.0. The molecule has 1 fully saturated rings. The highest BCUT2D eigenvalue weighted by Crippen LogP contribution is 2.25. The average molecular weight is 332 g/mol. The molecule has 0 amide bonds. The second-order valence-corrected chi connectivity index (χ2v) is 4.69. The van der Waals surface area contributed by atoms with Gasteiger partial charge in [-0.05, 0) is 15.9 Å². The molecule has 1 saturated heterocycles. The molecule has 1 aliphatic heterocycles. The smallest absolute Gasteiger partial charge is 0.331 e. The van der Waals surface area contributed by atoms with Gasteiger partial charge in [-0.25, -0.2) is 9.78 Å². The summed E-state index contributed by atoms with van der Waals surface area (Å²) >= 11 is 3.29. The van der Waals surface area contributed by atoms with Crippen molar-refractivity contribution in [1.29, 1.82) is 0 Å². The molecule has 1 aromatic rings. The maximum absolute atomic E-state index is 11.7. The van der Waals surface area contributed by atoms with Crippen LogP contribution in [-0.2, 0) is 14.3 Å². The number of aromatic nitrogens is 2. The van der Waals surface area contributed by atoms with Crippen LogP contribution in [0.1, 0.15) is 0 Å². The van der Waals surface area contributed by atoms with Crippen LogP contribution in [0.15, 0.2) is 10.7 Å². The molecule has 0 aromatic carbocycles. The summed E-state index contributed by atoms with van der Waals surface area (Å²) in [5.74, 6) is 0.462. The van der Waals surface area contributed by atoms with E-state index in [2.05, 4.69) is 25.9 Å². The van der Waals surface area contributed by atoms with Crippen molar-refractivity contribution >= 4 is 27.8 Å². The van der Waals surface area contributed by atoms with Crippen molar-refractivity contribution in [2.24, 2.45) is 0 Å². The lowest BCUT2D eigenvalue weighted by Crippen LogP contribution is -2.51. The number of anilines is 1. The van der Waals surface area contributed by atoms with Gasteiger partial charge in [-0.15, -0.1) is 0 Å². The lowest BCUT2D eigenvalue weighted by atomic mass is 10.2. The zero-order chi connectivity index (χ0) is 13.8. The number of ether oxygens (including phenoxy) is 3. The molecule has 2 heterocycles. The summed E-state index contributed by atoms with van der Waals surface area (Å²) in [6, 6.07) is -0.537. The van der Waals surface area contributed by atoms with E-state index in [1.54, 1.807) is 11.1 Å². The number of carbonyl (C=O) groups is 1. The highest BCUT2D eigenvalue weighted by Gasteiger charge is 2.32. The van der Waals surface area contributed by atoms with Crippen molar-refractivity contribution in [3.8, 4) is 5.88 Å². The molecule has 8 heteroatoms. The zero-order valence-electron chi connectivity index (χ0n) is 10.6. The monoisotopic (exact) mass is 331 g/mol. The van der Waals surface area contributed by atoms with Crippen LogP contribution in [0.4, 0.5) is 5.95 Å². The fraction of sp³-hybridized carbons (Fsp3) is 0.545. The summed E-state index contributed by atoms with van der Waals surface area (Å²) in [6.07, 6.45) is 1.59. The predicted octanol–water partition coefficient (Wildman–Crippen LogP) is 0.626. The first-order valence-corrected chi connectivity index (χ1v) is 6.45. The molecule has 0 aliphatic carbocycles. The summed E-state index contributed by atoms with van der Waals surface area (Å²) in [6.45, 7) is 1.29. The Morgan fingerprint density at radius 3 is 3.05 bits per heavy atom. The lowest BCUT2D eigenvalue weighted by Gasteiger charge is -2.33. The van der Waals surface area contributed by atoms with Gasteiger partial charge in [0.15, 0.2) is 6.04 Å². The minimum atomic E-state index is -0.537. The minimum absolute atomic E-state index is 0.258. The third-order valence-electron chi connectivity index (χ3n) is 2.75. The van der Waals surface area contributed by atoms with Crippen LogP contribution >= 0.6 is 15.9 Å². The Bertz CT molecular complexity index is 471. The molecule has 0 bridgehead atoms. The van der Waals surface area contributed by atoms with Crippen LogP contribution in [0.3, 0.4) is 0 Å². The highest BCUT2D eigenvalue weighted by molar-refractivity contribution is 9.10. The third-order valence-corrected chi connectivity index (χ3v) is 3.30. The van der Waals surface area contributed by atoms with E-state index in [1.165, 1.54) is 14.2 Å². The number of halogens is 1. The van der Waals surface area contributed by atoms with Crippen molar-refractivity contribution in [2.45, 2.75) is 6.04 Å². The summed E-state index contributed by atoms with van der Waals surface area (Å²) < 4.78 is 15.8. The Balaban J connectivity index is 2.29. The molecular weight excluding hydrogens is 318 g/mol. The Hall–Kier alpha value is -1.41. The molecule has 0 radical (unpaired) electrons. The van der Waals surface area contributed by atoms with Gasteiger partial charge in [0.05, 0.1) is 38.1 Å². The van der Waals surface area contributed by atoms with Gasteiger partial charge < -0.3 is 19.1 Å². The van der Waals surface area contributed by atoms with Crippen molar-refractivity contribution in [2.75, 3.05) is 38.9 Å². The second kappa shape index (κ2) is 6.16. The van der Waals surface area contributed by atoms with Gasteiger partial charge in [0.25, 0.3) is 0 Å². The molecule has 0 spiro atoms. The Kier molecular flexibility index (Phi) is 4.54. The van der Waals surface area contributed by atoms with E-state index in [1.807, 2.05) is 0 Å². The van der Waals surface area contributed by atoms with Gasteiger partial charge in [-0.1, -0.05) is 0 Å². The first-order valence-electron chi connectivity index (χ1n) is 5.66. The standard InChI is InChI=1S/C11H14BrN3O4/c1-17-9-7(12)5-13-11(14-9)15-3-4-19-6-8(15)10(16)18-2/h5,8H,3-4,6H2,1-2H3. The van der Waals surface area contributed by atoms with Crippen LogP contribution in [0.5, 0.6) is 5.88 Å². The second-order valence-electron chi connectivity index (χ2n) is 3.83. The number of methoxy groups -OCH3 is 2. The molecular formula is C11H14BrN3O4. The fourth-order valence-corrected chi connectivity index (χ4v) is 2.15. The summed E-state index contributed by atoms with van der Waals surface area (Å²) in [5, 5.41) is 0. The number of esters is 1.